The number of carbonyl (C=O) groups is 2. The lowest BCUT2D eigenvalue weighted by Gasteiger charge is -2.18. The van der Waals surface area contributed by atoms with Crippen molar-refractivity contribution in [3.8, 4) is 11.5 Å². The summed E-state index contributed by atoms with van der Waals surface area (Å²) in [6, 6.07) is 10.4. The van der Waals surface area contributed by atoms with E-state index in [2.05, 4.69) is 5.32 Å². The average molecular weight is 358 g/mol. The molecular weight excluding hydrogens is 339 g/mol. The van der Waals surface area contributed by atoms with Gasteiger partial charge in [0.15, 0.2) is 11.5 Å². The van der Waals surface area contributed by atoms with Crippen LogP contribution in [-0.4, -0.2) is 38.6 Å². The van der Waals surface area contributed by atoms with Crippen LogP contribution >= 0.6 is 0 Å². The van der Waals surface area contributed by atoms with Gasteiger partial charge in [0, 0.05) is 18.7 Å². The van der Waals surface area contributed by atoms with Crippen LogP contribution in [0.5, 0.6) is 11.5 Å². The SMILES string of the molecule is COc1cccc(C(=O)NC2CC(=O)N(c3ccc(F)cc3)C2)c1OC. The van der Waals surface area contributed by atoms with Gasteiger partial charge in [0.2, 0.25) is 5.91 Å². The van der Waals surface area contributed by atoms with E-state index in [0.29, 0.717) is 29.3 Å². The number of hydrogen-bond acceptors (Lipinski definition) is 4. The number of rotatable bonds is 5. The fraction of sp³-hybridized carbons (Fsp3) is 0.263. The predicted octanol–water partition coefficient (Wildman–Crippen LogP) is 2.38. The molecule has 1 atom stereocenters. The van der Waals surface area contributed by atoms with Crippen LogP contribution in [0.4, 0.5) is 10.1 Å². The maximum absolute atomic E-state index is 13.1. The standard InChI is InChI=1S/C19H19FN2O4/c1-25-16-5-3-4-15(18(16)26-2)19(24)21-13-10-17(23)22(11-13)14-8-6-12(20)7-9-14/h3-9,13H,10-11H2,1-2H3,(H,21,24). The smallest absolute Gasteiger partial charge is 0.255 e. The number of ether oxygens (including phenoxy) is 2. The van der Waals surface area contributed by atoms with Gasteiger partial charge in [0.1, 0.15) is 5.82 Å². The quantitative estimate of drug-likeness (QED) is 0.891. The average Bonchev–Trinajstić information content (AvgIpc) is 3.01. The number of halogens is 1. The minimum absolute atomic E-state index is 0.125. The first-order chi connectivity index (χ1) is 12.5. The van der Waals surface area contributed by atoms with Crippen molar-refractivity contribution < 1.29 is 23.5 Å². The largest absolute Gasteiger partial charge is 0.493 e. The van der Waals surface area contributed by atoms with E-state index in [1.54, 1.807) is 30.3 Å². The van der Waals surface area contributed by atoms with Crippen LogP contribution in [0.2, 0.25) is 0 Å². The van der Waals surface area contributed by atoms with E-state index in [1.807, 2.05) is 0 Å². The monoisotopic (exact) mass is 358 g/mol. The van der Waals surface area contributed by atoms with Gasteiger partial charge in [-0.3, -0.25) is 9.59 Å². The molecule has 3 rings (SSSR count). The van der Waals surface area contributed by atoms with E-state index >= 15 is 0 Å². The Bertz CT molecular complexity index is 823. The van der Waals surface area contributed by atoms with E-state index in [9.17, 15) is 14.0 Å². The van der Waals surface area contributed by atoms with Crippen molar-refractivity contribution in [2.24, 2.45) is 0 Å². The maximum atomic E-state index is 13.1. The Balaban J connectivity index is 1.73. The van der Waals surface area contributed by atoms with Crippen LogP contribution in [-0.2, 0) is 4.79 Å². The number of nitrogens with one attached hydrogen (secondary N) is 1. The molecule has 2 aromatic rings. The summed E-state index contributed by atoms with van der Waals surface area (Å²) in [7, 11) is 2.96. The molecule has 0 aromatic heterocycles. The summed E-state index contributed by atoms with van der Waals surface area (Å²) in [5, 5.41) is 2.85. The lowest BCUT2D eigenvalue weighted by molar-refractivity contribution is -0.117. The number of anilines is 1. The third-order valence-electron chi connectivity index (χ3n) is 4.25. The molecular formula is C19H19FN2O4. The Morgan fingerprint density at radius 2 is 1.88 bits per heavy atom. The molecule has 1 unspecified atom stereocenters. The summed E-state index contributed by atoms with van der Waals surface area (Å²) in [5.41, 5.74) is 0.937. The highest BCUT2D eigenvalue weighted by molar-refractivity contribution is 6.00. The first-order valence-electron chi connectivity index (χ1n) is 8.11. The van der Waals surface area contributed by atoms with Crippen molar-refractivity contribution >= 4 is 17.5 Å². The van der Waals surface area contributed by atoms with Crippen molar-refractivity contribution in [2.75, 3.05) is 25.7 Å². The topological polar surface area (TPSA) is 67.9 Å². The van der Waals surface area contributed by atoms with Gasteiger partial charge in [-0.05, 0) is 36.4 Å². The molecule has 26 heavy (non-hydrogen) atoms. The summed E-state index contributed by atoms with van der Waals surface area (Å²) < 4.78 is 23.5. The molecule has 1 N–H and O–H groups in total. The van der Waals surface area contributed by atoms with Crippen LogP contribution in [0.25, 0.3) is 0 Å². The van der Waals surface area contributed by atoms with Gasteiger partial charge in [0.05, 0.1) is 25.8 Å². The second-order valence-electron chi connectivity index (χ2n) is 5.90. The molecule has 0 bridgehead atoms. The highest BCUT2D eigenvalue weighted by Crippen LogP contribution is 2.31. The van der Waals surface area contributed by atoms with Gasteiger partial charge < -0.3 is 19.7 Å². The van der Waals surface area contributed by atoms with Crippen LogP contribution in [0.15, 0.2) is 42.5 Å². The van der Waals surface area contributed by atoms with Crippen molar-refractivity contribution in [1.29, 1.82) is 0 Å². The molecule has 1 heterocycles. The molecule has 2 amide bonds. The molecule has 1 aliphatic rings. The molecule has 0 saturated carbocycles. The Morgan fingerprint density at radius 1 is 1.15 bits per heavy atom. The van der Waals surface area contributed by atoms with E-state index in [0.717, 1.165) is 0 Å². The lowest BCUT2D eigenvalue weighted by Crippen LogP contribution is -2.37. The zero-order valence-electron chi connectivity index (χ0n) is 14.5. The summed E-state index contributed by atoms with van der Waals surface area (Å²) in [6.45, 7) is 0.322. The van der Waals surface area contributed by atoms with Crippen molar-refractivity contribution in [3.05, 3.63) is 53.8 Å². The van der Waals surface area contributed by atoms with Gasteiger partial charge in [0.25, 0.3) is 5.91 Å². The third-order valence-corrected chi connectivity index (χ3v) is 4.25. The number of methoxy groups -OCH3 is 2. The van der Waals surface area contributed by atoms with Gasteiger partial charge in [-0.15, -0.1) is 0 Å². The van der Waals surface area contributed by atoms with Crippen LogP contribution in [0.1, 0.15) is 16.8 Å². The first kappa shape index (κ1) is 17.7. The van der Waals surface area contributed by atoms with Gasteiger partial charge in [-0.25, -0.2) is 4.39 Å². The van der Waals surface area contributed by atoms with Crippen molar-refractivity contribution in [2.45, 2.75) is 12.5 Å². The molecule has 2 aromatic carbocycles. The fourth-order valence-corrected chi connectivity index (χ4v) is 3.00. The second-order valence-corrected chi connectivity index (χ2v) is 5.90. The molecule has 0 radical (unpaired) electrons. The van der Waals surface area contributed by atoms with E-state index in [1.165, 1.54) is 31.3 Å². The molecule has 136 valence electrons. The summed E-state index contributed by atoms with van der Waals surface area (Å²) >= 11 is 0. The Kier molecular flexibility index (Phi) is 5.06. The van der Waals surface area contributed by atoms with E-state index < -0.39 is 0 Å². The van der Waals surface area contributed by atoms with Gasteiger partial charge in [-0.2, -0.15) is 0 Å². The number of carbonyl (C=O) groups excluding carboxylic acids is 2. The van der Waals surface area contributed by atoms with Crippen molar-refractivity contribution in [3.63, 3.8) is 0 Å². The van der Waals surface area contributed by atoms with Crippen molar-refractivity contribution in [1.82, 2.24) is 5.32 Å². The highest BCUT2D eigenvalue weighted by Gasteiger charge is 2.32. The van der Waals surface area contributed by atoms with E-state index in [4.69, 9.17) is 9.47 Å². The molecule has 0 spiro atoms. The third kappa shape index (κ3) is 3.46. The number of para-hydroxylation sites is 1. The minimum atomic E-state index is -0.365. The summed E-state index contributed by atoms with van der Waals surface area (Å²) in [5.74, 6) is -0.0443. The molecule has 1 aliphatic heterocycles. The molecule has 0 aliphatic carbocycles. The van der Waals surface area contributed by atoms with Crippen LogP contribution in [0, 0.1) is 5.82 Å². The minimum Gasteiger partial charge on any atom is -0.493 e. The zero-order chi connectivity index (χ0) is 18.7. The fourth-order valence-electron chi connectivity index (χ4n) is 3.00. The second kappa shape index (κ2) is 7.43. The Morgan fingerprint density at radius 3 is 2.54 bits per heavy atom. The molecule has 6 nitrogen and oxygen atoms in total. The number of hydrogen-bond donors (Lipinski definition) is 1. The summed E-state index contributed by atoms with van der Waals surface area (Å²) in [6.07, 6.45) is 0.176. The molecule has 1 saturated heterocycles. The first-order valence-corrected chi connectivity index (χ1v) is 8.11. The van der Waals surface area contributed by atoms with E-state index in [-0.39, 0.29) is 30.1 Å². The zero-order valence-corrected chi connectivity index (χ0v) is 14.5. The Hall–Kier alpha value is -3.09. The maximum Gasteiger partial charge on any atom is 0.255 e. The summed E-state index contributed by atoms with van der Waals surface area (Å²) in [4.78, 5) is 26.4. The molecule has 1 fully saturated rings. The number of nitrogens with zero attached hydrogens (tertiary/aromatic N) is 1. The van der Waals surface area contributed by atoms with Gasteiger partial charge in [-0.1, -0.05) is 6.07 Å². The van der Waals surface area contributed by atoms with Crippen LogP contribution < -0.4 is 19.7 Å². The highest BCUT2D eigenvalue weighted by atomic mass is 19.1. The van der Waals surface area contributed by atoms with Gasteiger partial charge >= 0.3 is 0 Å². The normalized spacial score (nSPS) is 16.5. The lowest BCUT2D eigenvalue weighted by atomic mass is 10.1. The van der Waals surface area contributed by atoms with Crippen LogP contribution in [0.3, 0.4) is 0 Å². The molecule has 7 heteroatoms. The number of benzene rings is 2. The number of amides is 2. The predicted molar refractivity (Wildman–Crippen MR) is 94.2 cm³/mol. The Labute approximate surface area is 150 Å².